The van der Waals surface area contributed by atoms with Crippen molar-refractivity contribution in [2.24, 2.45) is 0 Å². The third-order valence-electron chi connectivity index (χ3n) is 3.80. The van der Waals surface area contributed by atoms with Crippen molar-refractivity contribution in [3.05, 3.63) is 94.0 Å². The average Bonchev–Trinajstić information content (AvgIpc) is 2.66. The molecular formula is C21H16BrF3O2. The molecule has 0 unspecified atom stereocenters. The summed E-state index contributed by atoms with van der Waals surface area (Å²) < 4.78 is 51.2. The van der Waals surface area contributed by atoms with Gasteiger partial charge in [-0.25, -0.2) is 0 Å². The Labute approximate surface area is 163 Å². The molecule has 0 aliphatic carbocycles. The molecule has 2 nitrogen and oxygen atoms in total. The first-order chi connectivity index (χ1) is 12.9. The summed E-state index contributed by atoms with van der Waals surface area (Å²) in [6.07, 6.45) is -4.48. The highest BCUT2D eigenvalue weighted by molar-refractivity contribution is 9.10. The monoisotopic (exact) mass is 436 g/mol. The van der Waals surface area contributed by atoms with Crippen LogP contribution in [0.1, 0.15) is 16.7 Å². The normalized spacial score (nSPS) is 11.3. The fraction of sp³-hybridized carbons (Fsp3) is 0.143. The second-order valence-corrected chi connectivity index (χ2v) is 6.69. The smallest absolute Gasteiger partial charge is 0.416 e. The van der Waals surface area contributed by atoms with Gasteiger partial charge in [0.05, 0.1) is 10.0 Å². The van der Waals surface area contributed by atoms with Gasteiger partial charge in [-0.15, -0.1) is 0 Å². The lowest BCUT2D eigenvalue weighted by Crippen LogP contribution is -2.08. The molecule has 0 aliphatic heterocycles. The lowest BCUT2D eigenvalue weighted by atomic mass is 10.2. The number of ether oxygens (including phenoxy) is 2. The second kappa shape index (κ2) is 8.48. The van der Waals surface area contributed by atoms with E-state index in [1.807, 2.05) is 60.7 Å². The highest BCUT2D eigenvalue weighted by Crippen LogP contribution is 2.42. The number of halogens is 4. The Morgan fingerprint density at radius 1 is 0.741 bits per heavy atom. The second-order valence-electron chi connectivity index (χ2n) is 5.83. The Bertz CT molecular complexity index is 881. The standard InChI is InChI=1S/C21H16BrF3O2/c22-18-11-17(21(23,24)25)12-19(26-13-15-7-3-1-4-8-15)20(18)27-14-16-9-5-2-6-10-16/h1-12H,13-14H2. The molecule has 0 saturated heterocycles. The molecule has 0 bridgehead atoms. The van der Waals surface area contributed by atoms with Crippen molar-refractivity contribution in [2.75, 3.05) is 0 Å². The van der Waals surface area contributed by atoms with E-state index in [0.717, 1.165) is 23.3 Å². The molecular weight excluding hydrogens is 421 g/mol. The molecule has 0 N–H and O–H groups in total. The van der Waals surface area contributed by atoms with E-state index in [-0.39, 0.29) is 29.2 Å². The Hall–Kier alpha value is -2.47. The maximum atomic E-state index is 13.2. The van der Waals surface area contributed by atoms with Gasteiger partial charge >= 0.3 is 6.18 Å². The van der Waals surface area contributed by atoms with Gasteiger partial charge < -0.3 is 9.47 Å². The minimum absolute atomic E-state index is 0.0384. The summed E-state index contributed by atoms with van der Waals surface area (Å²) >= 11 is 3.19. The van der Waals surface area contributed by atoms with E-state index < -0.39 is 11.7 Å². The lowest BCUT2D eigenvalue weighted by molar-refractivity contribution is -0.137. The number of hydrogen-bond acceptors (Lipinski definition) is 2. The third-order valence-corrected chi connectivity index (χ3v) is 4.39. The molecule has 140 valence electrons. The zero-order valence-electron chi connectivity index (χ0n) is 14.2. The summed E-state index contributed by atoms with van der Waals surface area (Å²) in [5, 5.41) is 0. The Morgan fingerprint density at radius 3 is 1.78 bits per heavy atom. The van der Waals surface area contributed by atoms with Gasteiger partial charge in [-0.2, -0.15) is 13.2 Å². The van der Waals surface area contributed by atoms with Crippen molar-refractivity contribution < 1.29 is 22.6 Å². The van der Waals surface area contributed by atoms with Crippen molar-refractivity contribution >= 4 is 15.9 Å². The van der Waals surface area contributed by atoms with Crippen LogP contribution in [0.15, 0.2) is 77.3 Å². The van der Waals surface area contributed by atoms with E-state index in [9.17, 15) is 13.2 Å². The van der Waals surface area contributed by atoms with E-state index in [1.54, 1.807) is 0 Å². The average molecular weight is 437 g/mol. The number of rotatable bonds is 6. The first-order valence-corrected chi connectivity index (χ1v) is 8.97. The van der Waals surface area contributed by atoms with Gasteiger partial charge in [0.25, 0.3) is 0 Å². The zero-order valence-corrected chi connectivity index (χ0v) is 15.8. The number of benzene rings is 3. The summed E-state index contributed by atoms with van der Waals surface area (Å²) in [5.74, 6) is 0.277. The van der Waals surface area contributed by atoms with Crippen molar-refractivity contribution in [3.63, 3.8) is 0 Å². The van der Waals surface area contributed by atoms with E-state index in [2.05, 4.69) is 15.9 Å². The summed E-state index contributed by atoms with van der Waals surface area (Å²) in [6.45, 7) is 0.350. The van der Waals surface area contributed by atoms with Crippen LogP contribution in [0.2, 0.25) is 0 Å². The molecule has 0 saturated carbocycles. The highest BCUT2D eigenvalue weighted by atomic mass is 79.9. The minimum Gasteiger partial charge on any atom is -0.485 e. The molecule has 0 radical (unpaired) electrons. The van der Waals surface area contributed by atoms with Crippen LogP contribution in [-0.4, -0.2) is 0 Å². The van der Waals surface area contributed by atoms with Crippen LogP contribution in [0, 0.1) is 0 Å². The SMILES string of the molecule is FC(F)(F)c1cc(Br)c(OCc2ccccc2)c(OCc2ccccc2)c1. The van der Waals surface area contributed by atoms with Crippen molar-refractivity contribution in [1.29, 1.82) is 0 Å². The van der Waals surface area contributed by atoms with Crippen molar-refractivity contribution in [1.82, 2.24) is 0 Å². The van der Waals surface area contributed by atoms with E-state index in [0.29, 0.717) is 0 Å². The van der Waals surface area contributed by atoms with Crippen LogP contribution in [0.5, 0.6) is 11.5 Å². The van der Waals surface area contributed by atoms with Crippen LogP contribution >= 0.6 is 15.9 Å². The summed E-state index contributed by atoms with van der Waals surface area (Å²) in [7, 11) is 0. The molecule has 0 spiro atoms. The quantitative estimate of drug-likeness (QED) is 0.431. The molecule has 3 aromatic carbocycles. The van der Waals surface area contributed by atoms with Crippen LogP contribution in [0.4, 0.5) is 13.2 Å². The fourth-order valence-corrected chi connectivity index (χ4v) is 3.00. The molecule has 6 heteroatoms. The van der Waals surface area contributed by atoms with Crippen LogP contribution in [0.3, 0.4) is 0 Å². The predicted molar refractivity (Wildman–Crippen MR) is 101 cm³/mol. The Kier molecular flexibility index (Phi) is 6.06. The summed E-state index contributed by atoms with van der Waals surface area (Å²) in [4.78, 5) is 0. The molecule has 0 heterocycles. The molecule has 0 aliphatic rings. The van der Waals surface area contributed by atoms with Gasteiger partial charge in [-0.1, -0.05) is 60.7 Å². The van der Waals surface area contributed by atoms with Gasteiger partial charge in [-0.3, -0.25) is 0 Å². The number of alkyl halides is 3. The van der Waals surface area contributed by atoms with E-state index in [4.69, 9.17) is 9.47 Å². The molecule has 3 rings (SSSR count). The minimum atomic E-state index is -4.48. The van der Waals surface area contributed by atoms with Gasteiger partial charge in [0.1, 0.15) is 13.2 Å². The van der Waals surface area contributed by atoms with Crippen molar-refractivity contribution in [3.8, 4) is 11.5 Å². The molecule has 0 amide bonds. The first kappa shape index (κ1) is 19.3. The molecule has 0 atom stereocenters. The van der Waals surface area contributed by atoms with Gasteiger partial charge in [-0.05, 0) is 39.2 Å². The Balaban J connectivity index is 1.87. The highest BCUT2D eigenvalue weighted by Gasteiger charge is 2.32. The topological polar surface area (TPSA) is 18.5 Å². The maximum Gasteiger partial charge on any atom is 0.416 e. The summed E-state index contributed by atoms with van der Waals surface area (Å²) in [5.41, 5.74) is 0.947. The van der Waals surface area contributed by atoms with Gasteiger partial charge in [0.15, 0.2) is 11.5 Å². The lowest BCUT2D eigenvalue weighted by Gasteiger charge is -2.17. The van der Waals surface area contributed by atoms with Gasteiger partial charge in [0, 0.05) is 0 Å². The first-order valence-electron chi connectivity index (χ1n) is 8.17. The molecule has 0 aromatic heterocycles. The molecule has 3 aromatic rings. The van der Waals surface area contributed by atoms with Crippen LogP contribution < -0.4 is 9.47 Å². The fourth-order valence-electron chi connectivity index (χ4n) is 2.44. The summed E-state index contributed by atoms with van der Waals surface area (Å²) in [6, 6.07) is 20.6. The number of hydrogen-bond donors (Lipinski definition) is 0. The third kappa shape index (κ3) is 5.26. The molecule has 0 fully saturated rings. The van der Waals surface area contributed by atoms with E-state index >= 15 is 0 Å². The predicted octanol–water partition coefficient (Wildman–Crippen LogP) is 6.63. The van der Waals surface area contributed by atoms with Crippen LogP contribution in [0.25, 0.3) is 0 Å². The zero-order chi connectivity index (χ0) is 19.3. The van der Waals surface area contributed by atoms with E-state index in [1.165, 1.54) is 0 Å². The molecule has 27 heavy (non-hydrogen) atoms. The maximum absolute atomic E-state index is 13.2. The largest absolute Gasteiger partial charge is 0.485 e. The van der Waals surface area contributed by atoms with Crippen LogP contribution in [-0.2, 0) is 19.4 Å². The Morgan fingerprint density at radius 2 is 1.26 bits per heavy atom. The van der Waals surface area contributed by atoms with Gasteiger partial charge in [0.2, 0.25) is 0 Å². The van der Waals surface area contributed by atoms with Crippen molar-refractivity contribution in [2.45, 2.75) is 19.4 Å².